The van der Waals surface area contributed by atoms with Gasteiger partial charge in [0.1, 0.15) is 17.1 Å². The van der Waals surface area contributed by atoms with E-state index in [1.165, 1.54) is 23.8 Å². The van der Waals surface area contributed by atoms with Crippen LogP contribution in [0, 0.1) is 0 Å². The van der Waals surface area contributed by atoms with Crippen LogP contribution in [-0.2, 0) is 79.1 Å². The number of rotatable bonds is 16. The van der Waals surface area contributed by atoms with Gasteiger partial charge in [-0.2, -0.15) is 0 Å². The maximum Gasteiger partial charge on any atom is 0.352 e. The number of carbonyl (C=O) groups is 6. The number of Topliss-reactive ketones (excluding diaryl/α,β-unsaturated/α-hetero) is 1. The van der Waals surface area contributed by atoms with Crippen LogP contribution in [0.25, 0.3) is 0 Å². The minimum absolute atomic E-state index is 0.0667. The molecule has 15 nitrogen and oxygen atoms in total. The molecular formula is C39H54N8O7S4. The molecule has 0 aliphatic rings. The summed E-state index contributed by atoms with van der Waals surface area (Å²) in [7, 11) is 6.36. The van der Waals surface area contributed by atoms with E-state index in [2.05, 4.69) is 49.0 Å². The fraction of sp³-hybridized carbons (Fsp3) is 0.436. The number of nitrogens with zero attached hydrogens (tertiary/aromatic N) is 4. The van der Waals surface area contributed by atoms with Gasteiger partial charge in [-0.1, -0.05) is 50.1 Å². The van der Waals surface area contributed by atoms with Crippen LogP contribution in [0.5, 0.6) is 0 Å². The first-order chi connectivity index (χ1) is 26.8. The van der Waals surface area contributed by atoms with Crippen molar-refractivity contribution < 1.29 is 33.9 Å². The molecule has 4 aromatic rings. The summed E-state index contributed by atoms with van der Waals surface area (Å²) < 4.78 is 6.18. The normalized spacial score (nSPS) is 12.5. The highest BCUT2D eigenvalue weighted by atomic mass is 32.8. The van der Waals surface area contributed by atoms with Gasteiger partial charge in [-0.3, -0.25) is 24.0 Å². The minimum atomic E-state index is -1.08. The first-order valence-corrected chi connectivity index (χ1v) is 23.2. The monoisotopic (exact) mass is 874 g/mol. The Morgan fingerprint density at radius 3 is 1.16 bits per heavy atom. The lowest BCUT2D eigenvalue weighted by atomic mass is 10.1. The Kier molecular flexibility index (Phi) is 16.3. The molecule has 0 fully saturated rings. The van der Waals surface area contributed by atoms with Crippen LogP contribution in [0.1, 0.15) is 102 Å². The predicted molar refractivity (Wildman–Crippen MR) is 240 cm³/mol. The van der Waals surface area contributed by atoms with Gasteiger partial charge in [0.25, 0.3) is 11.8 Å². The van der Waals surface area contributed by atoms with Gasteiger partial charge >= 0.3 is 5.97 Å². The summed E-state index contributed by atoms with van der Waals surface area (Å²) in [6, 6.07) is 6.23. The number of aromatic carboxylic acids is 1. The van der Waals surface area contributed by atoms with Gasteiger partial charge in [-0.25, -0.2) is 4.79 Å². The first-order valence-electron chi connectivity index (χ1n) is 18.1. The van der Waals surface area contributed by atoms with Crippen LogP contribution in [0.4, 0.5) is 22.7 Å². The number of anilines is 4. The zero-order chi connectivity index (χ0) is 43.9. The second-order valence-corrected chi connectivity index (χ2v) is 22.2. The molecule has 0 aromatic carbocycles. The van der Waals surface area contributed by atoms with Gasteiger partial charge in [-0.05, 0) is 49.6 Å². The fourth-order valence-electron chi connectivity index (χ4n) is 5.50. The molecule has 0 spiro atoms. The molecule has 316 valence electrons. The van der Waals surface area contributed by atoms with E-state index in [9.17, 15) is 28.8 Å². The van der Waals surface area contributed by atoms with Crippen molar-refractivity contribution in [2.45, 2.75) is 69.8 Å². The van der Waals surface area contributed by atoms with Gasteiger partial charge in [0, 0.05) is 82.2 Å². The Balaban J connectivity index is 0.000000310. The van der Waals surface area contributed by atoms with E-state index in [-0.39, 0.29) is 57.6 Å². The van der Waals surface area contributed by atoms with E-state index in [1.807, 2.05) is 12.5 Å². The fourth-order valence-corrected chi connectivity index (χ4v) is 6.78. The zero-order valence-electron chi connectivity index (χ0n) is 34.8. The molecule has 0 saturated heterocycles. The minimum Gasteiger partial charge on any atom is -0.477 e. The summed E-state index contributed by atoms with van der Waals surface area (Å²) in [6.45, 7) is 9.73. The molecule has 0 aliphatic heterocycles. The van der Waals surface area contributed by atoms with Crippen molar-refractivity contribution >= 4 is 99.4 Å². The lowest BCUT2D eigenvalue weighted by molar-refractivity contribution is -0.117. The topological polar surface area (TPSA) is 190 Å². The Bertz CT molecular complexity index is 2100. The average Bonchev–Trinajstić information content (AvgIpc) is 3.88. The molecule has 0 saturated carbocycles. The standard InChI is InChI=1S/C20H28N4O3S2.C19H26N4O4S2/c1-13(25)16-9-15(12-23(16)4)22-19(27)17-10-14(11-24(17)5)21-18(26)7-8-20(2,3)29(6)28;1-19(2,29(5)28)7-6-16(24)20-12-8-14(22(3)10-12)17(25)21-13-9-15(18(26)27)23(4)11-13/h9-12H,7-8H2,1-6H3,(H,21,26)(H,22,27);8-11H,6-7H2,1-5H3,(H,20,24)(H,21,25)(H,26,27). The molecule has 0 radical (unpaired) electrons. The molecule has 0 bridgehead atoms. The number of hydrogen-bond acceptors (Lipinski definition) is 8. The van der Waals surface area contributed by atoms with Crippen molar-refractivity contribution in [3.63, 3.8) is 0 Å². The highest BCUT2D eigenvalue weighted by molar-refractivity contribution is 8.29. The van der Waals surface area contributed by atoms with Gasteiger partial charge in [-0.15, -0.1) is 18.9 Å². The van der Waals surface area contributed by atoms with E-state index >= 15 is 0 Å². The molecule has 5 N–H and O–H groups in total. The summed E-state index contributed by atoms with van der Waals surface area (Å²) in [5.74, 6) is -2.12. The third-order valence-electron chi connectivity index (χ3n) is 9.61. The Hall–Kier alpha value is -4.72. The van der Waals surface area contributed by atoms with Gasteiger partial charge < -0.3 is 44.6 Å². The van der Waals surface area contributed by atoms with E-state index in [4.69, 9.17) is 27.5 Å². The molecule has 58 heavy (non-hydrogen) atoms. The number of carboxylic acids is 1. The van der Waals surface area contributed by atoms with E-state index in [1.54, 1.807) is 78.7 Å². The Morgan fingerprint density at radius 1 is 0.569 bits per heavy atom. The molecule has 4 rings (SSSR count). The van der Waals surface area contributed by atoms with Crippen LogP contribution >= 0.6 is 0 Å². The highest BCUT2D eigenvalue weighted by Crippen LogP contribution is 2.23. The molecule has 2 atom stereocenters. The second kappa shape index (κ2) is 19.8. The number of aromatic nitrogens is 4. The lowest BCUT2D eigenvalue weighted by Gasteiger charge is -2.23. The summed E-state index contributed by atoms with van der Waals surface area (Å²) >= 11 is 10.7. The maximum absolute atomic E-state index is 12.6. The van der Waals surface area contributed by atoms with Gasteiger partial charge in [0.15, 0.2) is 5.78 Å². The van der Waals surface area contributed by atoms with E-state index in [0.717, 1.165) is 0 Å². The third kappa shape index (κ3) is 13.2. The smallest absolute Gasteiger partial charge is 0.352 e. The Labute approximate surface area is 353 Å². The second-order valence-electron chi connectivity index (χ2n) is 15.2. The van der Waals surface area contributed by atoms with Crippen LogP contribution in [0.3, 0.4) is 0 Å². The average molecular weight is 875 g/mol. The van der Waals surface area contributed by atoms with Crippen molar-refractivity contribution in [3.05, 3.63) is 71.8 Å². The van der Waals surface area contributed by atoms with Crippen LogP contribution in [-0.4, -0.2) is 80.8 Å². The Morgan fingerprint density at radius 2 is 0.862 bits per heavy atom. The van der Waals surface area contributed by atoms with Crippen molar-refractivity contribution in [2.24, 2.45) is 28.2 Å². The van der Waals surface area contributed by atoms with Crippen molar-refractivity contribution in [1.82, 2.24) is 18.3 Å². The number of hydrogen-bond donors (Lipinski definition) is 5. The number of ketones is 1. The first kappa shape index (κ1) is 47.7. The van der Waals surface area contributed by atoms with E-state index < -0.39 is 11.9 Å². The highest BCUT2D eigenvalue weighted by Gasteiger charge is 2.23. The van der Waals surface area contributed by atoms with E-state index in [0.29, 0.717) is 65.5 Å². The number of aryl methyl sites for hydroxylation is 4. The van der Waals surface area contributed by atoms with Gasteiger partial charge in [0.05, 0.1) is 28.4 Å². The quantitative estimate of drug-likeness (QED) is 0.0900. The largest absolute Gasteiger partial charge is 0.477 e. The molecular weight excluding hydrogens is 821 g/mol. The molecule has 4 aromatic heterocycles. The number of carboxylic acid groups (broad SMARTS) is 1. The molecule has 0 aliphatic carbocycles. The molecule has 4 heterocycles. The number of amides is 4. The molecule has 4 amide bonds. The molecule has 2 unspecified atom stereocenters. The maximum atomic E-state index is 12.6. The number of carbonyl (C=O) groups excluding carboxylic acids is 5. The van der Waals surface area contributed by atoms with Gasteiger partial charge in [0.2, 0.25) is 11.8 Å². The SMILES string of the molecule is CC(=O)c1cc(NC(=O)c2cc(NC(=O)CCC(C)(C)S(C)=S)cn2C)cn1C.Cn1cc(NC(=O)c2cc(NC(=O)CCC(C)(C)S(C)=S)cn2C)cc1C(=O)O. The third-order valence-corrected chi connectivity index (χ3v) is 15.8. The van der Waals surface area contributed by atoms with Crippen LogP contribution < -0.4 is 21.3 Å². The summed E-state index contributed by atoms with van der Waals surface area (Å²) in [5, 5.41) is 20.2. The molecule has 19 heteroatoms. The van der Waals surface area contributed by atoms with Crippen LogP contribution in [0.15, 0.2) is 49.1 Å². The summed E-state index contributed by atoms with van der Waals surface area (Å²) in [4.78, 5) is 72.4. The van der Waals surface area contributed by atoms with Crippen LogP contribution in [0.2, 0.25) is 0 Å². The predicted octanol–water partition coefficient (Wildman–Crippen LogP) is 5.55. The van der Waals surface area contributed by atoms with Crippen molar-refractivity contribution in [1.29, 1.82) is 0 Å². The van der Waals surface area contributed by atoms with Crippen molar-refractivity contribution in [2.75, 3.05) is 33.8 Å². The zero-order valence-corrected chi connectivity index (χ0v) is 38.0. The summed E-state index contributed by atoms with van der Waals surface area (Å²) in [6.07, 6.45) is 12.6. The van der Waals surface area contributed by atoms with Crippen molar-refractivity contribution in [3.8, 4) is 0 Å². The number of nitrogens with one attached hydrogen (secondary N) is 4. The lowest BCUT2D eigenvalue weighted by Crippen LogP contribution is -2.27. The summed E-state index contributed by atoms with van der Waals surface area (Å²) in [5.41, 5.74) is 3.31.